The van der Waals surface area contributed by atoms with E-state index < -0.39 is 0 Å². The Bertz CT molecular complexity index is 777. The number of rotatable bonds is 8. The summed E-state index contributed by atoms with van der Waals surface area (Å²) in [7, 11) is 0. The molecule has 2 aromatic rings. The zero-order valence-electron chi connectivity index (χ0n) is 17.3. The maximum Gasteiger partial charge on any atom is 0.317 e. The Morgan fingerprint density at radius 3 is 2.48 bits per heavy atom. The van der Waals surface area contributed by atoms with E-state index in [2.05, 4.69) is 15.2 Å². The highest BCUT2D eigenvalue weighted by Gasteiger charge is 2.21. The largest absolute Gasteiger partial charge is 0.490 e. The molecule has 1 aromatic carbocycles. The van der Waals surface area contributed by atoms with Crippen molar-refractivity contribution in [1.82, 2.24) is 15.2 Å². The van der Waals surface area contributed by atoms with Crippen LogP contribution in [0, 0.1) is 0 Å². The second kappa shape index (κ2) is 10.5. The highest BCUT2D eigenvalue weighted by molar-refractivity contribution is 5.74. The van der Waals surface area contributed by atoms with Gasteiger partial charge in [0.05, 0.1) is 13.2 Å². The first-order valence-corrected chi connectivity index (χ1v) is 10.3. The molecule has 1 fully saturated rings. The molecule has 0 atom stereocenters. The number of anilines is 1. The van der Waals surface area contributed by atoms with E-state index in [1.54, 1.807) is 6.20 Å². The summed E-state index contributed by atoms with van der Waals surface area (Å²) < 4.78 is 11.3. The summed E-state index contributed by atoms with van der Waals surface area (Å²) in [6.07, 6.45) is 2.54. The lowest BCUT2D eigenvalue weighted by Crippen LogP contribution is -2.52. The summed E-state index contributed by atoms with van der Waals surface area (Å²) in [5, 5.41) is 3.03. The van der Waals surface area contributed by atoms with Gasteiger partial charge in [0.15, 0.2) is 11.5 Å². The Balaban J connectivity index is 1.45. The number of amides is 2. The molecule has 3 rings (SSSR count). The highest BCUT2D eigenvalue weighted by Crippen LogP contribution is 2.28. The molecule has 2 amide bonds. The zero-order chi connectivity index (χ0) is 20.5. The summed E-state index contributed by atoms with van der Waals surface area (Å²) in [6, 6.07) is 11.8. The van der Waals surface area contributed by atoms with E-state index in [0.29, 0.717) is 32.8 Å². The van der Waals surface area contributed by atoms with Crippen LogP contribution in [0.4, 0.5) is 10.6 Å². The number of hydrogen-bond acceptors (Lipinski definition) is 5. The van der Waals surface area contributed by atoms with Crippen LogP contribution in [0.1, 0.15) is 19.4 Å². The Kier molecular flexibility index (Phi) is 7.55. The molecule has 0 unspecified atom stereocenters. The quantitative estimate of drug-likeness (QED) is 0.741. The van der Waals surface area contributed by atoms with Crippen molar-refractivity contribution in [1.29, 1.82) is 0 Å². The summed E-state index contributed by atoms with van der Waals surface area (Å²) in [5.41, 5.74) is 1.11. The molecule has 1 aromatic heterocycles. The van der Waals surface area contributed by atoms with Gasteiger partial charge in [0.2, 0.25) is 0 Å². The van der Waals surface area contributed by atoms with Gasteiger partial charge in [0, 0.05) is 38.9 Å². The van der Waals surface area contributed by atoms with Crippen LogP contribution >= 0.6 is 0 Å². The molecule has 156 valence electrons. The van der Waals surface area contributed by atoms with Crippen LogP contribution < -0.4 is 19.7 Å². The number of pyridine rings is 1. The Hall–Kier alpha value is -2.96. The van der Waals surface area contributed by atoms with Crippen molar-refractivity contribution in [3.63, 3.8) is 0 Å². The van der Waals surface area contributed by atoms with Gasteiger partial charge in [0.1, 0.15) is 5.82 Å². The number of hydrogen-bond donors (Lipinski definition) is 1. The van der Waals surface area contributed by atoms with Gasteiger partial charge < -0.3 is 24.6 Å². The number of carbonyl (C=O) groups excluding carboxylic acids is 1. The zero-order valence-corrected chi connectivity index (χ0v) is 17.3. The molecule has 1 aliphatic heterocycles. The second-order valence-corrected chi connectivity index (χ2v) is 6.79. The lowest BCUT2D eigenvalue weighted by atomic mass is 10.1. The highest BCUT2D eigenvalue weighted by atomic mass is 16.5. The van der Waals surface area contributed by atoms with Crippen molar-refractivity contribution < 1.29 is 14.3 Å². The number of aromatic nitrogens is 1. The first-order chi connectivity index (χ1) is 14.2. The van der Waals surface area contributed by atoms with Crippen LogP contribution in [-0.4, -0.2) is 61.9 Å². The number of carbonyl (C=O) groups is 1. The van der Waals surface area contributed by atoms with E-state index in [1.807, 2.05) is 55.1 Å². The predicted molar refractivity (Wildman–Crippen MR) is 114 cm³/mol. The molecule has 1 aliphatic rings. The molecule has 1 saturated heterocycles. The molecule has 29 heavy (non-hydrogen) atoms. The van der Waals surface area contributed by atoms with Gasteiger partial charge in [-0.3, -0.25) is 0 Å². The van der Waals surface area contributed by atoms with Gasteiger partial charge in [-0.15, -0.1) is 0 Å². The normalized spacial score (nSPS) is 13.9. The van der Waals surface area contributed by atoms with Crippen molar-refractivity contribution in [2.45, 2.75) is 20.3 Å². The van der Waals surface area contributed by atoms with Crippen molar-refractivity contribution in [3.8, 4) is 11.5 Å². The summed E-state index contributed by atoms with van der Waals surface area (Å²) >= 11 is 0. The molecule has 1 N–H and O–H groups in total. The monoisotopic (exact) mass is 398 g/mol. The third kappa shape index (κ3) is 5.76. The summed E-state index contributed by atoms with van der Waals surface area (Å²) in [6.45, 7) is 8.65. The van der Waals surface area contributed by atoms with Crippen molar-refractivity contribution in [2.24, 2.45) is 0 Å². The fraction of sp³-hybridized carbons (Fsp3) is 0.455. The fourth-order valence-corrected chi connectivity index (χ4v) is 3.36. The fourth-order valence-electron chi connectivity index (χ4n) is 3.36. The Morgan fingerprint density at radius 2 is 1.79 bits per heavy atom. The number of ether oxygens (including phenoxy) is 2. The molecular weight excluding hydrogens is 368 g/mol. The van der Waals surface area contributed by atoms with Crippen LogP contribution in [0.3, 0.4) is 0 Å². The molecule has 0 saturated carbocycles. The van der Waals surface area contributed by atoms with E-state index in [9.17, 15) is 4.79 Å². The van der Waals surface area contributed by atoms with Crippen LogP contribution in [0.2, 0.25) is 0 Å². The first kappa shape index (κ1) is 20.8. The third-order valence-corrected chi connectivity index (χ3v) is 4.84. The minimum Gasteiger partial charge on any atom is -0.490 e. The summed E-state index contributed by atoms with van der Waals surface area (Å²) in [5.74, 6) is 2.48. The molecule has 0 bridgehead atoms. The van der Waals surface area contributed by atoms with Crippen LogP contribution in [0.15, 0.2) is 42.6 Å². The van der Waals surface area contributed by atoms with Crippen LogP contribution in [0.5, 0.6) is 11.5 Å². The Morgan fingerprint density at radius 1 is 1.03 bits per heavy atom. The minimum atomic E-state index is -0.0124. The molecule has 0 radical (unpaired) electrons. The first-order valence-electron chi connectivity index (χ1n) is 10.3. The van der Waals surface area contributed by atoms with Gasteiger partial charge in [0.25, 0.3) is 0 Å². The molecule has 7 heteroatoms. The third-order valence-electron chi connectivity index (χ3n) is 4.84. The van der Waals surface area contributed by atoms with E-state index in [4.69, 9.17) is 9.47 Å². The summed E-state index contributed by atoms with van der Waals surface area (Å²) in [4.78, 5) is 20.9. The van der Waals surface area contributed by atoms with Gasteiger partial charge >= 0.3 is 6.03 Å². The SMILES string of the molecule is CCOc1ccc(CCNC(=O)N2CCN(c3ccccn3)CC2)cc1OCC. The van der Waals surface area contributed by atoms with Crippen molar-refractivity contribution in [2.75, 3.05) is 50.8 Å². The average molecular weight is 399 g/mol. The van der Waals surface area contributed by atoms with Crippen LogP contribution in [-0.2, 0) is 6.42 Å². The van der Waals surface area contributed by atoms with E-state index in [-0.39, 0.29) is 6.03 Å². The smallest absolute Gasteiger partial charge is 0.317 e. The van der Waals surface area contributed by atoms with Crippen molar-refractivity contribution >= 4 is 11.8 Å². The number of benzene rings is 1. The molecule has 0 spiro atoms. The van der Waals surface area contributed by atoms with Gasteiger partial charge in [-0.05, 0) is 50.1 Å². The molecule has 7 nitrogen and oxygen atoms in total. The molecular formula is C22H30N4O3. The maximum atomic E-state index is 12.5. The minimum absolute atomic E-state index is 0.0124. The van der Waals surface area contributed by atoms with E-state index in [0.717, 1.165) is 42.4 Å². The second-order valence-electron chi connectivity index (χ2n) is 6.79. The Labute approximate surface area is 172 Å². The predicted octanol–water partition coefficient (Wildman–Crippen LogP) is 2.95. The van der Waals surface area contributed by atoms with Gasteiger partial charge in [-0.2, -0.15) is 0 Å². The van der Waals surface area contributed by atoms with E-state index >= 15 is 0 Å². The van der Waals surface area contributed by atoms with Gasteiger partial charge in [-0.1, -0.05) is 12.1 Å². The average Bonchev–Trinajstić information content (AvgIpc) is 2.76. The molecule has 2 heterocycles. The number of nitrogens with one attached hydrogen (secondary N) is 1. The van der Waals surface area contributed by atoms with Crippen LogP contribution in [0.25, 0.3) is 0 Å². The topological polar surface area (TPSA) is 66.9 Å². The number of piperazine rings is 1. The number of nitrogens with zero attached hydrogens (tertiary/aromatic N) is 3. The lowest BCUT2D eigenvalue weighted by molar-refractivity contribution is 0.194. The maximum absolute atomic E-state index is 12.5. The van der Waals surface area contributed by atoms with Gasteiger partial charge in [-0.25, -0.2) is 9.78 Å². The van der Waals surface area contributed by atoms with E-state index in [1.165, 1.54) is 0 Å². The standard InChI is InChI=1S/C22H30N4O3/c1-3-28-19-9-8-18(17-20(19)29-4-2)10-12-24-22(27)26-15-13-25(14-16-26)21-7-5-6-11-23-21/h5-9,11,17H,3-4,10,12-16H2,1-2H3,(H,24,27). The lowest BCUT2D eigenvalue weighted by Gasteiger charge is -2.35. The molecule has 0 aliphatic carbocycles. The number of urea groups is 1. The van der Waals surface area contributed by atoms with Crippen molar-refractivity contribution in [3.05, 3.63) is 48.2 Å².